The summed E-state index contributed by atoms with van der Waals surface area (Å²) in [5.74, 6) is 0. The van der Waals surface area contributed by atoms with Gasteiger partial charge in [0.2, 0.25) is 0 Å². The van der Waals surface area contributed by atoms with Crippen LogP contribution in [0.3, 0.4) is 0 Å². The minimum Gasteiger partial charge on any atom is -0.310 e. The maximum atomic E-state index is 3.55. The largest absolute Gasteiger partial charge is 0.310 e. The Hall–Kier alpha value is -0.640. The van der Waals surface area contributed by atoms with E-state index in [2.05, 4.69) is 69.9 Å². The summed E-state index contributed by atoms with van der Waals surface area (Å²) in [5, 5.41) is 5.68. The van der Waals surface area contributed by atoms with Crippen molar-refractivity contribution in [1.29, 1.82) is 0 Å². The highest BCUT2D eigenvalue weighted by Crippen LogP contribution is 2.18. The number of rotatable bonds is 5. The van der Waals surface area contributed by atoms with E-state index >= 15 is 0 Å². The molecular weight excluding hydrogens is 294 g/mol. The molecule has 2 rings (SSSR count). The molecule has 1 atom stereocenters. The van der Waals surface area contributed by atoms with Crippen LogP contribution in [0.15, 0.2) is 46.3 Å². The lowest BCUT2D eigenvalue weighted by Gasteiger charge is -2.14. The van der Waals surface area contributed by atoms with Crippen molar-refractivity contribution >= 4 is 27.3 Å². The van der Waals surface area contributed by atoms with Gasteiger partial charge in [-0.15, -0.1) is 11.3 Å². The topological polar surface area (TPSA) is 12.0 Å². The molecule has 90 valence electrons. The van der Waals surface area contributed by atoms with Gasteiger partial charge in [-0.05, 0) is 42.5 Å². The molecule has 0 amide bonds. The van der Waals surface area contributed by atoms with Gasteiger partial charge in [0.15, 0.2) is 0 Å². The van der Waals surface area contributed by atoms with Crippen molar-refractivity contribution < 1.29 is 0 Å². The summed E-state index contributed by atoms with van der Waals surface area (Å²) in [6.45, 7) is 3.23. The quantitative estimate of drug-likeness (QED) is 0.863. The van der Waals surface area contributed by atoms with E-state index in [0.717, 1.165) is 17.4 Å². The summed E-state index contributed by atoms with van der Waals surface area (Å²) < 4.78 is 1.14. The van der Waals surface area contributed by atoms with Crippen LogP contribution in [0.2, 0.25) is 0 Å². The Morgan fingerprint density at radius 3 is 2.88 bits per heavy atom. The van der Waals surface area contributed by atoms with Crippen molar-refractivity contribution in [3.8, 4) is 0 Å². The first kappa shape index (κ1) is 12.8. The smallest absolute Gasteiger partial charge is 0.0292 e. The highest BCUT2D eigenvalue weighted by molar-refractivity contribution is 9.10. The van der Waals surface area contributed by atoms with Gasteiger partial charge >= 0.3 is 0 Å². The zero-order valence-corrected chi connectivity index (χ0v) is 12.2. The summed E-state index contributed by atoms with van der Waals surface area (Å²) in [6, 6.07) is 13.2. The summed E-state index contributed by atoms with van der Waals surface area (Å²) in [7, 11) is 0. The molecule has 17 heavy (non-hydrogen) atoms. The van der Waals surface area contributed by atoms with Crippen LogP contribution in [0.25, 0.3) is 0 Å². The molecule has 1 aromatic heterocycles. The van der Waals surface area contributed by atoms with E-state index < -0.39 is 0 Å². The standard InChI is InChI=1S/C14H16BrNS/c1-11(12-4-2-5-13(15)10-12)16-8-7-14-6-3-9-17-14/h2-6,9-11,16H,7-8H2,1H3/t11-/m0/s1. The van der Waals surface area contributed by atoms with Gasteiger partial charge in [-0.1, -0.05) is 34.1 Å². The molecule has 0 aliphatic heterocycles. The average molecular weight is 310 g/mol. The second-order valence-corrected chi connectivity index (χ2v) is 6.01. The zero-order valence-electron chi connectivity index (χ0n) is 9.82. The fourth-order valence-electron chi connectivity index (χ4n) is 1.76. The maximum Gasteiger partial charge on any atom is 0.0292 e. The van der Waals surface area contributed by atoms with E-state index in [1.807, 2.05) is 11.3 Å². The average Bonchev–Trinajstić information content (AvgIpc) is 2.82. The van der Waals surface area contributed by atoms with Crippen LogP contribution in [0, 0.1) is 0 Å². The molecule has 0 unspecified atom stereocenters. The van der Waals surface area contributed by atoms with Crippen molar-refractivity contribution in [3.05, 3.63) is 56.7 Å². The van der Waals surface area contributed by atoms with Crippen molar-refractivity contribution in [1.82, 2.24) is 5.32 Å². The lowest BCUT2D eigenvalue weighted by atomic mass is 10.1. The van der Waals surface area contributed by atoms with Crippen LogP contribution in [-0.4, -0.2) is 6.54 Å². The molecule has 0 aliphatic carbocycles. The first-order valence-electron chi connectivity index (χ1n) is 5.77. The first-order valence-corrected chi connectivity index (χ1v) is 7.44. The van der Waals surface area contributed by atoms with Gasteiger partial charge in [0.25, 0.3) is 0 Å². The van der Waals surface area contributed by atoms with Gasteiger partial charge in [0.1, 0.15) is 0 Å². The van der Waals surface area contributed by atoms with Crippen LogP contribution < -0.4 is 5.32 Å². The number of benzene rings is 1. The third-order valence-electron chi connectivity index (χ3n) is 2.75. The van der Waals surface area contributed by atoms with Crippen molar-refractivity contribution in [2.45, 2.75) is 19.4 Å². The van der Waals surface area contributed by atoms with Crippen LogP contribution in [0.4, 0.5) is 0 Å². The molecule has 0 fully saturated rings. The zero-order chi connectivity index (χ0) is 12.1. The van der Waals surface area contributed by atoms with Gasteiger partial charge < -0.3 is 5.32 Å². The molecule has 0 bridgehead atoms. The van der Waals surface area contributed by atoms with Crippen LogP contribution in [0.1, 0.15) is 23.4 Å². The van der Waals surface area contributed by atoms with Crippen LogP contribution in [0.5, 0.6) is 0 Å². The predicted octanol–water partition coefficient (Wildman–Crippen LogP) is 4.40. The second kappa shape index (κ2) is 6.34. The molecule has 2 aromatic rings. The molecule has 1 N–H and O–H groups in total. The first-order chi connectivity index (χ1) is 8.25. The Bertz CT molecular complexity index is 453. The van der Waals surface area contributed by atoms with Crippen LogP contribution in [-0.2, 0) is 6.42 Å². The minimum atomic E-state index is 0.396. The Morgan fingerprint density at radius 1 is 1.29 bits per heavy atom. The lowest BCUT2D eigenvalue weighted by Crippen LogP contribution is -2.21. The SMILES string of the molecule is C[C@H](NCCc1cccs1)c1cccc(Br)c1. The number of nitrogens with one attached hydrogen (secondary N) is 1. The number of thiophene rings is 1. The van der Waals surface area contributed by atoms with E-state index in [1.165, 1.54) is 10.4 Å². The summed E-state index contributed by atoms with van der Waals surface area (Å²) >= 11 is 5.33. The van der Waals surface area contributed by atoms with Crippen molar-refractivity contribution in [3.63, 3.8) is 0 Å². The van der Waals surface area contributed by atoms with Crippen LogP contribution >= 0.6 is 27.3 Å². The Balaban J connectivity index is 1.83. The fraction of sp³-hybridized carbons (Fsp3) is 0.286. The van der Waals surface area contributed by atoms with Crippen molar-refractivity contribution in [2.24, 2.45) is 0 Å². The van der Waals surface area contributed by atoms with Gasteiger partial charge in [0, 0.05) is 21.9 Å². The summed E-state index contributed by atoms with van der Waals surface area (Å²) in [5.41, 5.74) is 1.32. The van der Waals surface area contributed by atoms with E-state index in [0.29, 0.717) is 6.04 Å². The summed E-state index contributed by atoms with van der Waals surface area (Å²) in [6.07, 6.45) is 1.11. The Kier molecular flexibility index (Phi) is 4.77. The van der Waals surface area contributed by atoms with Gasteiger partial charge in [0.05, 0.1) is 0 Å². The van der Waals surface area contributed by atoms with Gasteiger partial charge in [-0.25, -0.2) is 0 Å². The van der Waals surface area contributed by atoms with Gasteiger partial charge in [-0.3, -0.25) is 0 Å². The molecule has 0 aliphatic rings. The second-order valence-electron chi connectivity index (χ2n) is 4.06. The number of hydrogen-bond acceptors (Lipinski definition) is 2. The third-order valence-corrected chi connectivity index (χ3v) is 4.18. The predicted molar refractivity (Wildman–Crippen MR) is 78.6 cm³/mol. The molecule has 0 spiro atoms. The van der Waals surface area contributed by atoms with Crippen molar-refractivity contribution in [2.75, 3.05) is 6.54 Å². The number of halogens is 1. The lowest BCUT2D eigenvalue weighted by molar-refractivity contribution is 0.578. The Labute approximate surface area is 115 Å². The minimum absolute atomic E-state index is 0.396. The highest BCUT2D eigenvalue weighted by atomic mass is 79.9. The molecule has 1 nitrogen and oxygen atoms in total. The number of hydrogen-bond donors (Lipinski definition) is 1. The molecule has 1 aromatic carbocycles. The monoisotopic (exact) mass is 309 g/mol. The molecule has 0 saturated carbocycles. The summed E-state index contributed by atoms with van der Waals surface area (Å²) in [4.78, 5) is 1.44. The molecule has 3 heteroatoms. The van der Waals surface area contributed by atoms with E-state index in [9.17, 15) is 0 Å². The fourth-order valence-corrected chi connectivity index (χ4v) is 2.89. The molecule has 0 radical (unpaired) electrons. The maximum absolute atomic E-state index is 3.55. The molecule has 1 heterocycles. The van der Waals surface area contributed by atoms with E-state index in [1.54, 1.807) is 0 Å². The Morgan fingerprint density at radius 2 is 2.18 bits per heavy atom. The van der Waals surface area contributed by atoms with E-state index in [4.69, 9.17) is 0 Å². The van der Waals surface area contributed by atoms with Gasteiger partial charge in [-0.2, -0.15) is 0 Å². The molecule has 0 saturated heterocycles. The third kappa shape index (κ3) is 3.95. The molecular formula is C14H16BrNS. The highest BCUT2D eigenvalue weighted by Gasteiger charge is 2.04. The van der Waals surface area contributed by atoms with E-state index in [-0.39, 0.29) is 0 Å². The normalized spacial score (nSPS) is 12.6.